The van der Waals surface area contributed by atoms with Crippen LogP contribution in [0.3, 0.4) is 0 Å². The fourth-order valence-corrected chi connectivity index (χ4v) is 19.4. The summed E-state index contributed by atoms with van der Waals surface area (Å²) in [5.41, 5.74) is 0.877. The molecule has 0 spiro atoms. The Morgan fingerprint density at radius 3 is 1.49 bits per heavy atom. The average molecular weight is 960 g/mol. The molecule has 5 N–H and O–H groups in total. The molecule has 0 aromatic rings. The molecule has 384 valence electrons. The molecule has 0 bridgehead atoms. The second-order valence-corrected chi connectivity index (χ2v) is 27.3. The number of aliphatic hydroxyl groups is 2. The molecular formula is C55H93NO10S. The van der Waals surface area contributed by atoms with E-state index < -0.39 is 21.8 Å². The number of unbranched alkanes of at least 4 members (excludes halogenated alkanes) is 2. The molecule has 8 saturated carbocycles. The predicted molar refractivity (Wildman–Crippen MR) is 260 cm³/mol. The van der Waals surface area contributed by atoms with E-state index >= 15 is 0 Å². The van der Waals surface area contributed by atoms with E-state index in [2.05, 4.69) is 46.9 Å². The van der Waals surface area contributed by atoms with E-state index in [0.717, 1.165) is 103 Å². The van der Waals surface area contributed by atoms with Crippen LogP contribution in [-0.2, 0) is 29.2 Å². The Kier molecular flexibility index (Phi) is 16.0. The first-order chi connectivity index (χ1) is 31.7. The molecule has 11 nitrogen and oxygen atoms in total. The zero-order valence-electron chi connectivity index (χ0n) is 42.5. The van der Waals surface area contributed by atoms with E-state index in [1.165, 1.54) is 44.9 Å². The van der Waals surface area contributed by atoms with Gasteiger partial charge in [-0.05, 0) is 228 Å². The molecule has 0 aromatic carbocycles. The summed E-state index contributed by atoms with van der Waals surface area (Å²) in [4.78, 5) is 23.8. The number of aliphatic carboxylic acids is 1. The molecule has 8 aliphatic rings. The molecule has 1 amide bonds. The summed E-state index contributed by atoms with van der Waals surface area (Å²) in [5, 5.41) is 35.8. The highest BCUT2D eigenvalue weighted by Gasteiger charge is 2.65. The highest BCUT2D eigenvalue weighted by molar-refractivity contribution is 7.85. The van der Waals surface area contributed by atoms with Gasteiger partial charge in [0.15, 0.2) is 0 Å². The first kappa shape index (κ1) is 52.0. The van der Waals surface area contributed by atoms with Crippen LogP contribution in [0.2, 0.25) is 0 Å². The zero-order valence-corrected chi connectivity index (χ0v) is 43.3. The minimum absolute atomic E-state index is 0.0697. The largest absolute Gasteiger partial charge is 0.481 e. The summed E-state index contributed by atoms with van der Waals surface area (Å²) >= 11 is 0. The number of nitrogens with one attached hydrogen (secondary N) is 1. The molecule has 8 fully saturated rings. The molecule has 0 aromatic heterocycles. The van der Waals surface area contributed by atoms with Gasteiger partial charge in [-0.2, -0.15) is 8.42 Å². The number of hydrogen-bond acceptors (Lipinski definition) is 8. The van der Waals surface area contributed by atoms with Gasteiger partial charge in [0.1, 0.15) is 0 Å². The van der Waals surface area contributed by atoms with E-state index in [-0.39, 0.29) is 64.9 Å². The Morgan fingerprint density at radius 1 is 0.612 bits per heavy atom. The minimum Gasteiger partial charge on any atom is -0.481 e. The molecule has 8 aliphatic carbocycles. The van der Waals surface area contributed by atoms with Crippen molar-refractivity contribution in [3.05, 3.63) is 0 Å². The van der Waals surface area contributed by atoms with Gasteiger partial charge >= 0.3 is 5.97 Å². The Hall–Kier alpha value is -1.31. The van der Waals surface area contributed by atoms with Crippen molar-refractivity contribution < 1.29 is 47.4 Å². The molecular weight excluding hydrogens is 867 g/mol. The van der Waals surface area contributed by atoms with Crippen LogP contribution in [0.15, 0.2) is 0 Å². The maximum Gasteiger partial charge on any atom is 0.303 e. The topological polar surface area (TPSA) is 180 Å². The van der Waals surface area contributed by atoms with Crippen molar-refractivity contribution in [3.63, 3.8) is 0 Å². The third kappa shape index (κ3) is 10.5. The lowest BCUT2D eigenvalue weighted by atomic mass is 9.43. The number of carbonyl (C=O) groups excluding carboxylic acids is 1. The Bertz CT molecular complexity index is 1830. The van der Waals surface area contributed by atoms with E-state index in [1.54, 1.807) is 0 Å². The van der Waals surface area contributed by atoms with Crippen molar-refractivity contribution in [2.75, 3.05) is 25.5 Å². The maximum absolute atomic E-state index is 12.5. The quantitative estimate of drug-likeness (QED) is 0.0618. The van der Waals surface area contributed by atoms with Gasteiger partial charge in [0.2, 0.25) is 5.91 Å². The number of carbonyl (C=O) groups is 2. The summed E-state index contributed by atoms with van der Waals surface area (Å²) in [6, 6.07) is 0. The summed E-state index contributed by atoms with van der Waals surface area (Å²) < 4.78 is 44.3. The number of carboxylic acid groups (broad SMARTS) is 1. The molecule has 0 unspecified atom stereocenters. The molecule has 0 aliphatic heterocycles. The monoisotopic (exact) mass is 960 g/mol. The van der Waals surface area contributed by atoms with Gasteiger partial charge in [-0.25, -0.2) is 0 Å². The molecule has 0 saturated heterocycles. The molecule has 0 heterocycles. The summed E-state index contributed by atoms with van der Waals surface area (Å²) in [6.07, 6.45) is 23.3. The van der Waals surface area contributed by atoms with Crippen LogP contribution in [0.4, 0.5) is 0 Å². The molecule has 8 rings (SSSR count). The summed E-state index contributed by atoms with van der Waals surface area (Å²) in [5.74, 6) is 4.41. The first-order valence-corrected chi connectivity index (χ1v) is 29.3. The van der Waals surface area contributed by atoms with Gasteiger partial charge in [0.25, 0.3) is 10.1 Å². The smallest absolute Gasteiger partial charge is 0.303 e. The highest BCUT2D eigenvalue weighted by Crippen LogP contribution is 2.70. The van der Waals surface area contributed by atoms with Gasteiger partial charge in [-0.1, -0.05) is 41.5 Å². The number of hydrogen-bond donors (Lipinski definition) is 5. The number of aliphatic hydroxyl groups excluding tert-OH is 2. The SMILES string of the molecule is C[C@H](CCC(=O)O)[C@H]1CC[C@H]2[C@@H]3[C@@H](O)C[C@@H]4C[C@H](OCCCCCO[C@@H]5CC[C@@]6(C)[C@@H](C5)C[C@H](O)[C@@H]5[C@@H]6CC[C@]6(C)[C@@H]([C@H](C)CCC(=O)NCCS(=O)(=O)O)CC[C@@H]56)CC[C@]4(C)[C@H]3CC[C@]12C. The molecule has 67 heavy (non-hydrogen) atoms. The average Bonchev–Trinajstić information content (AvgIpc) is 3.81. The summed E-state index contributed by atoms with van der Waals surface area (Å²) in [7, 11) is -4.09. The van der Waals surface area contributed by atoms with Crippen LogP contribution in [0.1, 0.15) is 189 Å². The minimum atomic E-state index is -4.09. The first-order valence-electron chi connectivity index (χ1n) is 27.7. The van der Waals surface area contributed by atoms with E-state index in [0.29, 0.717) is 77.4 Å². The van der Waals surface area contributed by atoms with Gasteiger partial charge in [0.05, 0.1) is 30.2 Å². The lowest BCUT2D eigenvalue weighted by molar-refractivity contribution is -0.178. The Morgan fingerprint density at radius 2 is 1.04 bits per heavy atom. The van der Waals surface area contributed by atoms with Gasteiger partial charge < -0.3 is 30.1 Å². The van der Waals surface area contributed by atoms with Crippen LogP contribution < -0.4 is 5.32 Å². The highest BCUT2D eigenvalue weighted by atomic mass is 32.2. The van der Waals surface area contributed by atoms with E-state index in [1.807, 2.05) is 0 Å². The predicted octanol–water partition coefficient (Wildman–Crippen LogP) is 10.1. The number of fused-ring (bicyclic) bond motifs is 10. The summed E-state index contributed by atoms with van der Waals surface area (Å²) in [6.45, 7) is 16.1. The number of rotatable bonds is 19. The van der Waals surface area contributed by atoms with E-state index in [9.17, 15) is 33.3 Å². The van der Waals surface area contributed by atoms with E-state index in [4.69, 9.17) is 14.0 Å². The van der Waals surface area contributed by atoms with Crippen LogP contribution >= 0.6 is 0 Å². The number of amides is 1. The fourth-order valence-electron chi connectivity index (χ4n) is 19.0. The van der Waals surface area contributed by atoms with Crippen molar-refractivity contribution in [1.82, 2.24) is 5.32 Å². The lowest BCUT2D eigenvalue weighted by Gasteiger charge is -2.62. The third-order valence-electron chi connectivity index (χ3n) is 22.6. The number of ether oxygens (including phenoxy) is 2. The maximum atomic E-state index is 12.5. The molecule has 12 heteroatoms. The standard InChI is InChI=1S/C55H93NO10S/c1-34(10-16-48(59)56-26-29-67(62,63)64)40-12-14-42-50-44(20-24-54(40,42)5)52(3)22-18-38(30-36(52)32-46(50)57)65-27-8-7-9-28-66-39-19-23-53(4)37(31-39)33-47(58)51-43-15-13-41(35(2)11-17-49(60)61)55(43,6)25-21-45(51)53/h34-47,50-51,57-58H,7-33H2,1-6H3,(H,56,59)(H,60,61)(H,62,63,64)/t34-,35-,36+,37+,38-,39-,40-,41-,42+,43+,44+,45+,46+,47+,50+,51+,52+,53+,54-,55-/m1/s1. The van der Waals surface area contributed by atoms with Crippen molar-refractivity contribution in [2.45, 2.75) is 214 Å². The van der Waals surface area contributed by atoms with Crippen LogP contribution in [0.25, 0.3) is 0 Å². The van der Waals surface area contributed by atoms with Crippen LogP contribution in [0, 0.1) is 92.7 Å². The van der Waals surface area contributed by atoms with Crippen molar-refractivity contribution in [2.24, 2.45) is 92.7 Å². The van der Waals surface area contributed by atoms with Gasteiger partial charge in [-0.3, -0.25) is 14.1 Å². The second-order valence-electron chi connectivity index (χ2n) is 25.7. The van der Waals surface area contributed by atoms with Gasteiger partial charge in [0, 0.05) is 32.6 Å². The Labute approximate surface area is 405 Å². The molecule has 20 atom stereocenters. The van der Waals surface area contributed by atoms with Crippen LogP contribution in [-0.4, -0.2) is 90.1 Å². The van der Waals surface area contributed by atoms with Crippen molar-refractivity contribution in [3.8, 4) is 0 Å². The molecule has 0 radical (unpaired) electrons. The van der Waals surface area contributed by atoms with Crippen LogP contribution in [0.5, 0.6) is 0 Å². The third-order valence-corrected chi connectivity index (χ3v) is 23.3. The van der Waals surface area contributed by atoms with Gasteiger partial charge in [-0.15, -0.1) is 0 Å². The Balaban J connectivity index is 0.732. The normalized spacial score (nSPS) is 45.6. The fraction of sp³-hybridized carbons (Fsp3) is 0.964. The zero-order chi connectivity index (χ0) is 48.1. The second kappa shape index (κ2) is 20.7. The lowest BCUT2D eigenvalue weighted by Crippen LogP contribution is -2.58. The van der Waals surface area contributed by atoms with Crippen molar-refractivity contribution >= 4 is 22.0 Å². The number of carboxylic acids is 1. The van der Waals surface area contributed by atoms with Crippen molar-refractivity contribution in [1.29, 1.82) is 0 Å².